The highest BCUT2D eigenvalue weighted by molar-refractivity contribution is 7.99. The summed E-state index contributed by atoms with van der Waals surface area (Å²) in [4.78, 5) is 14.5. The Morgan fingerprint density at radius 1 is 0.941 bits per heavy atom. The second-order valence-electron chi connectivity index (χ2n) is 7.82. The van der Waals surface area contributed by atoms with Gasteiger partial charge in [0.2, 0.25) is 11.6 Å². The van der Waals surface area contributed by atoms with Gasteiger partial charge in [-0.25, -0.2) is 0 Å². The molecule has 0 N–H and O–H groups in total. The summed E-state index contributed by atoms with van der Waals surface area (Å²) >= 11 is 1.65. The number of hydrogen-bond acceptors (Lipinski definition) is 7. The highest BCUT2D eigenvalue weighted by Gasteiger charge is 2.16. The molecule has 10 heteroatoms. The van der Waals surface area contributed by atoms with Crippen LogP contribution in [0.5, 0.6) is 0 Å². The van der Waals surface area contributed by atoms with E-state index in [2.05, 4.69) is 32.2 Å². The number of allylic oxidation sites excluding steroid dienone is 1. The number of nitrogens with zero attached hydrogens (tertiary/aromatic N) is 8. The molecule has 5 rings (SSSR count). The molecule has 0 saturated heterocycles. The van der Waals surface area contributed by atoms with Crippen LogP contribution in [-0.4, -0.2) is 45.1 Å². The Morgan fingerprint density at radius 3 is 2.62 bits per heavy atom. The maximum Gasteiger partial charge on any atom is 0.263 e. The van der Waals surface area contributed by atoms with Gasteiger partial charge in [-0.1, -0.05) is 66.7 Å². The Hall–Kier alpha value is -3.79. The first-order chi connectivity index (χ1) is 16.8. The second-order valence-corrected chi connectivity index (χ2v) is 8.89. The molecule has 0 atom stereocenters. The second kappa shape index (κ2) is 10.0. The zero-order valence-corrected chi connectivity index (χ0v) is 19.4. The van der Waals surface area contributed by atoms with Crippen LogP contribution in [0.2, 0.25) is 0 Å². The van der Waals surface area contributed by atoms with Crippen molar-refractivity contribution in [1.82, 2.24) is 39.4 Å². The SMILES string of the molecule is C=CCn1c(=O)c2ccccc2n2c(SCCCCCn3nnc(-c4ccccc4)n3)nnc12. The molecule has 0 radical (unpaired) electrons. The van der Waals surface area contributed by atoms with Crippen LogP contribution < -0.4 is 5.56 Å². The van der Waals surface area contributed by atoms with Crippen LogP contribution in [-0.2, 0) is 13.1 Å². The molecule has 0 spiro atoms. The zero-order chi connectivity index (χ0) is 23.3. The number of rotatable bonds is 10. The molecule has 34 heavy (non-hydrogen) atoms. The topological polar surface area (TPSA) is 95.8 Å². The number of benzene rings is 2. The number of unbranched alkanes of at least 4 members (excludes halogenated alkanes) is 2. The Labute approximate surface area is 200 Å². The number of fused-ring (bicyclic) bond motifs is 3. The first-order valence-electron chi connectivity index (χ1n) is 11.2. The molecule has 0 aliphatic heterocycles. The van der Waals surface area contributed by atoms with E-state index in [9.17, 15) is 4.79 Å². The molecular weight excluding hydrogens is 448 g/mol. The number of aromatic nitrogens is 8. The van der Waals surface area contributed by atoms with Crippen molar-refractivity contribution in [3.05, 3.63) is 77.6 Å². The standard InChI is InChI=1S/C24H24N8OS/c1-2-15-30-22(33)19-13-7-8-14-20(19)32-23(30)26-27-24(32)34-17-10-4-9-16-31-28-21(25-29-31)18-11-5-3-6-12-18/h2-3,5-8,11-14H,1,4,9-10,15-17H2. The molecule has 0 aliphatic rings. The molecule has 3 heterocycles. The third kappa shape index (κ3) is 4.36. The van der Waals surface area contributed by atoms with Gasteiger partial charge >= 0.3 is 0 Å². The van der Waals surface area contributed by atoms with Gasteiger partial charge in [0.05, 0.1) is 17.4 Å². The summed E-state index contributed by atoms with van der Waals surface area (Å²) in [5, 5.41) is 22.9. The van der Waals surface area contributed by atoms with Crippen LogP contribution in [0.15, 0.2) is 77.2 Å². The van der Waals surface area contributed by atoms with E-state index in [1.54, 1.807) is 27.2 Å². The van der Waals surface area contributed by atoms with E-state index in [1.807, 2.05) is 59.0 Å². The third-order valence-corrected chi connectivity index (χ3v) is 6.52. The van der Waals surface area contributed by atoms with E-state index in [1.165, 1.54) is 0 Å². The van der Waals surface area contributed by atoms with E-state index in [-0.39, 0.29) is 5.56 Å². The minimum Gasteiger partial charge on any atom is -0.272 e. The van der Waals surface area contributed by atoms with E-state index in [0.717, 1.165) is 47.8 Å². The minimum absolute atomic E-state index is 0.0795. The maximum absolute atomic E-state index is 12.9. The lowest BCUT2D eigenvalue weighted by atomic mass is 10.2. The summed E-state index contributed by atoms with van der Waals surface area (Å²) in [6.45, 7) is 4.89. The fourth-order valence-corrected chi connectivity index (χ4v) is 4.80. The van der Waals surface area contributed by atoms with Gasteiger partial charge < -0.3 is 0 Å². The molecule has 0 saturated carbocycles. The molecule has 172 valence electrons. The predicted molar refractivity (Wildman–Crippen MR) is 133 cm³/mol. The van der Waals surface area contributed by atoms with Gasteiger partial charge in [0, 0.05) is 17.9 Å². The minimum atomic E-state index is -0.0795. The zero-order valence-electron chi connectivity index (χ0n) is 18.6. The average Bonchev–Trinajstić information content (AvgIpc) is 3.52. The lowest BCUT2D eigenvalue weighted by molar-refractivity contribution is 0.487. The largest absolute Gasteiger partial charge is 0.272 e. The fraction of sp³-hybridized carbons (Fsp3) is 0.250. The number of tetrazole rings is 1. The highest BCUT2D eigenvalue weighted by atomic mass is 32.2. The Morgan fingerprint density at radius 2 is 1.76 bits per heavy atom. The van der Waals surface area contributed by atoms with Gasteiger partial charge in [0.15, 0.2) is 5.16 Å². The van der Waals surface area contributed by atoms with E-state index in [4.69, 9.17) is 0 Å². The summed E-state index contributed by atoms with van der Waals surface area (Å²) in [5.74, 6) is 2.09. The lowest BCUT2D eigenvalue weighted by Crippen LogP contribution is -2.22. The van der Waals surface area contributed by atoms with Crippen LogP contribution in [0, 0.1) is 0 Å². The fourth-order valence-electron chi connectivity index (χ4n) is 3.86. The van der Waals surface area contributed by atoms with Crippen molar-refractivity contribution >= 4 is 28.4 Å². The highest BCUT2D eigenvalue weighted by Crippen LogP contribution is 2.22. The first-order valence-corrected chi connectivity index (χ1v) is 12.2. The van der Waals surface area contributed by atoms with Crippen molar-refractivity contribution in [2.75, 3.05) is 5.75 Å². The molecule has 0 aliphatic carbocycles. The number of hydrogen-bond donors (Lipinski definition) is 0. The molecular formula is C24H24N8OS. The quantitative estimate of drug-likeness (QED) is 0.173. The van der Waals surface area contributed by atoms with Gasteiger partial charge in [-0.2, -0.15) is 4.80 Å². The molecule has 9 nitrogen and oxygen atoms in total. The van der Waals surface area contributed by atoms with Gasteiger partial charge in [-0.15, -0.1) is 27.0 Å². The van der Waals surface area contributed by atoms with Crippen LogP contribution in [0.25, 0.3) is 28.1 Å². The lowest BCUT2D eigenvalue weighted by Gasteiger charge is -2.09. The van der Waals surface area contributed by atoms with Gasteiger partial charge in [-0.05, 0) is 30.2 Å². The maximum atomic E-state index is 12.9. The van der Waals surface area contributed by atoms with Crippen molar-refractivity contribution in [2.45, 2.75) is 37.5 Å². The van der Waals surface area contributed by atoms with Crippen LogP contribution >= 0.6 is 11.8 Å². The van der Waals surface area contributed by atoms with Crippen molar-refractivity contribution in [1.29, 1.82) is 0 Å². The Bertz CT molecular complexity index is 1490. The first kappa shape index (κ1) is 22.0. The van der Waals surface area contributed by atoms with Gasteiger partial charge in [0.1, 0.15) is 0 Å². The van der Waals surface area contributed by atoms with Crippen LogP contribution in [0.4, 0.5) is 0 Å². The van der Waals surface area contributed by atoms with Crippen molar-refractivity contribution < 1.29 is 0 Å². The van der Waals surface area contributed by atoms with Gasteiger partial charge in [-0.3, -0.25) is 13.8 Å². The number of aryl methyl sites for hydroxylation is 1. The Kier molecular flexibility index (Phi) is 6.48. The molecule has 5 aromatic rings. The molecule has 0 unspecified atom stereocenters. The molecule has 0 bridgehead atoms. The van der Waals surface area contributed by atoms with Crippen LogP contribution in [0.1, 0.15) is 19.3 Å². The third-order valence-electron chi connectivity index (χ3n) is 5.51. The van der Waals surface area contributed by atoms with Crippen molar-refractivity contribution in [3.8, 4) is 11.4 Å². The smallest absolute Gasteiger partial charge is 0.263 e. The van der Waals surface area contributed by atoms with Crippen molar-refractivity contribution in [2.24, 2.45) is 0 Å². The monoisotopic (exact) mass is 472 g/mol. The summed E-state index contributed by atoms with van der Waals surface area (Å²) < 4.78 is 3.58. The molecule has 0 amide bonds. The van der Waals surface area contributed by atoms with Crippen LogP contribution in [0.3, 0.4) is 0 Å². The number of thioether (sulfide) groups is 1. The molecule has 3 aromatic heterocycles. The summed E-state index contributed by atoms with van der Waals surface area (Å²) in [5.41, 5.74) is 1.71. The summed E-state index contributed by atoms with van der Waals surface area (Å²) in [6, 6.07) is 17.4. The van der Waals surface area contributed by atoms with Gasteiger partial charge in [0.25, 0.3) is 5.56 Å². The van der Waals surface area contributed by atoms with Crippen molar-refractivity contribution in [3.63, 3.8) is 0 Å². The summed E-state index contributed by atoms with van der Waals surface area (Å²) in [7, 11) is 0. The molecule has 0 fully saturated rings. The normalized spacial score (nSPS) is 11.4. The van der Waals surface area contributed by atoms with E-state index in [0.29, 0.717) is 23.5 Å². The molecule has 2 aromatic carbocycles. The average molecular weight is 473 g/mol. The summed E-state index contributed by atoms with van der Waals surface area (Å²) in [6.07, 6.45) is 4.72. The van der Waals surface area contributed by atoms with E-state index >= 15 is 0 Å². The predicted octanol–water partition coefficient (Wildman–Crippen LogP) is 3.85. The number of para-hydroxylation sites is 1. The van der Waals surface area contributed by atoms with E-state index < -0.39 is 0 Å². The Balaban J connectivity index is 1.21.